The van der Waals surface area contributed by atoms with Gasteiger partial charge in [0.2, 0.25) is 5.91 Å². The van der Waals surface area contributed by atoms with E-state index in [1.54, 1.807) is 6.92 Å². The Bertz CT molecular complexity index is 396. The molecule has 0 aliphatic heterocycles. The lowest BCUT2D eigenvalue weighted by Gasteiger charge is -2.10. The summed E-state index contributed by atoms with van der Waals surface area (Å²) in [5, 5.41) is 6.32. The summed E-state index contributed by atoms with van der Waals surface area (Å²) >= 11 is 1.92. The Balaban J connectivity index is 2.20. The number of para-hydroxylation sites is 1. The molecule has 20 heavy (non-hydrogen) atoms. The van der Waals surface area contributed by atoms with Crippen LogP contribution in [0.4, 0.5) is 5.69 Å². The van der Waals surface area contributed by atoms with Crippen LogP contribution in [-0.4, -0.2) is 24.5 Å². The number of carbonyl (C=O) groups is 1. The van der Waals surface area contributed by atoms with Crippen molar-refractivity contribution in [2.24, 2.45) is 0 Å². The average Bonchev–Trinajstić information content (AvgIpc) is 2.43. The van der Waals surface area contributed by atoms with E-state index in [9.17, 15) is 4.79 Å². The summed E-state index contributed by atoms with van der Waals surface area (Å²) in [7, 11) is 0. The largest absolute Gasteiger partial charge is 0.326 e. The molecule has 3 nitrogen and oxygen atoms in total. The molecule has 0 spiro atoms. The Morgan fingerprint density at radius 1 is 1.15 bits per heavy atom. The van der Waals surface area contributed by atoms with Crippen LogP contribution in [-0.2, 0) is 11.3 Å². The third-order valence-electron chi connectivity index (χ3n) is 3.10. The van der Waals surface area contributed by atoms with Gasteiger partial charge in [0, 0.05) is 19.2 Å². The van der Waals surface area contributed by atoms with Crippen molar-refractivity contribution >= 4 is 23.4 Å². The van der Waals surface area contributed by atoms with E-state index in [0.29, 0.717) is 0 Å². The predicted octanol–water partition coefficient (Wildman–Crippen LogP) is 3.66. The molecule has 0 saturated carbocycles. The summed E-state index contributed by atoms with van der Waals surface area (Å²) in [4.78, 5) is 11.1. The number of benzene rings is 1. The van der Waals surface area contributed by atoms with Crippen LogP contribution in [0, 0.1) is 0 Å². The number of hydrogen-bond donors (Lipinski definition) is 2. The molecule has 0 aromatic heterocycles. The molecule has 0 saturated heterocycles. The maximum absolute atomic E-state index is 11.1. The van der Waals surface area contributed by atoms with Gasteiger partial charge in [0.15, 0.2) is 0 Å². The Morgan fingerprint density at radius 2 is 1.90 bits per heavy atom. The third kappa shape index (κ3) is 7.56. The minimum atomic E-state index is -0.0220. The summed E-state index contributed by atoms with van der Waals surface area (Å²) < 4.78 is 0. The van der Waals surface area contributed by atoms with Gasteiger partial charge in [0.25, 0.3) is 0 Å². The van der Waals surface area contributed by atoms with E-state index < -0.39 is 0 Å². The Kier molecular flexibility index (Phi) is 9.16. The van der Waals surface area contributed by atoms with Crippen LogP contribution in [0.25, 0.3) is 0 Å². The van der Waals surface area contributed by atoms with Crippen LogP contribution < -0.4 is 10.6 Å². The van der Waals surface area contributed by atoms with Crippen LogP contribution in [0.3, 0.4) is 0 Å². The molecule has 0 radical (unpaired) electrons. The van der Waals surface area contributed by atoms with E-state index in [-0.39, 0.29) is 5.91 Å². The highest BCUT2D eigenvalue weighted by Gasteiger charge is 2.02. The summed E-state index contributed by atoms with van der Waals surface area (Å²) in [6, 6.07) is 7.95. The second kappa shape index (κ2) is 10.7. The van der Waals surface area contributed by atoms with Crippen LogP contribution in [0.5, 0.6) is 0 Å². The SMILES string of the molecule is CSCCCCCCNCc1ccccc1NC(C)=O. The molecule has 0 heterocycles. The molecule has 0 fully saturated rings. The van der Waals surface area contributed by atoms with Gasteiger partial charge in [-0.05, 0) is 43.0 Å². The fraction of sp³-hybridized carbons (Fsp3) is 0.562. The molecule has 1 aromatic carbocycles. The molecule has 0 unspecified atom stereocenters. The van der Waals surface area contributed by atoms with Gasteiger partial charge in [-0.25, -0.2) is 0 Å². The number of carbonyl (C=O) groups excluding carboxylic acids is 1. The minimum absolute atomic E-state index is 0.0220. The van der Waals surface area contributed by atoms with E-state index in [0.717, 1.165) is 24.3 Å². The lowest BCUT2D eigenvalue weighted by molar-refractivity contribution is -0.114. The van der Waals surface area contributed by atoms with Crippen molar-refractivity contribution in [3.63, 3.8) is 0 Å². The summed E-state index contributed by atoms with van der Waals surface area (Å²) in [6.45, 7) is 3.38. The first kappa shape index (κ1) is 17.1. The maximum atomic E-state index is 11.1. The molecular formula is C16H26N2OS. The number of anilines is 1. The second-order valence-corrected chi connectivity index (χ2v) is 5.91. The molecule has 112 valence electrons. The number of nitrogens with one attached hydrogen (secondary N) is 2. The minimum Gasteiger partial charge on any atom is -0.326 e. The van der Waals surface area contributed by atoms with Crippen molar-refractivity contribution in [3.8, 4) is 0 Å². The van der Waals surface area contributed by atoms with E-state index in [1.165, 1.54) is 31.4 Å². The van der Waals surface area contributed by atoms with E-state index in [1.807, 2.05) is 30.0 Å². The molecule has 0 bridgehead atoms. The van der Waals surface area contributed by atoms with Gasteiger partial charge in [-0.3, -0.25) is 4.79 Å². The highest BCUT2D eigenvalue weighted by Crippen LogP contribution is 2.14. The Labute approximate surface area is 126 Å². The highest BCUT2D eigenvalue weighted by atomic mass is 32.2. The summed E-state index contributed by atoms with van der Waals surface area (Å²) in [6.07, 6.45) is 7.32. The van der Waals surface area contributed by atoms with Crippen molar-refractivity contribution in [3.05, 3.63) is 29.8 Å². The van der Waals surface area contributed by atoms with Gasteiger partial charge < -0.3 is 10.6 Å². The predicted molar refractivity (Wildman–Crippen MR) is 89.3 cm³/mol. The number of amides is 1. The van der Waals surface area contributed by atoms with E-state index in [2.05, 4.69) is 23.0 Å². The number of unbranched alkanes of at least 4 members (excludes halogenated alkanes) is 3. The molecule has 1 aromatic rings. The third-order valence-corrected chi connectivity index (χ3v) is 3.79. The molecule has 1 amide bonds. The van der Waals surface area contributed by atoms with Crippen LogP contribution >= 0.6 is 11.8 Å². The van der Waals surface area contributed by atoms with Crippen molar-refractivity contribution in [1.82, 2.24) is 5.32 Å². The zero-order valence-corrected chi connectivity index (χ0v) is 13.4. The fourth-order valence-electron chi connectivity index (χ4n) is 2.06. The second-order valence-electron chi connectivity index (χ2n) is 4.92. The van der Waals surface area contributed by atoms with Gasteiger partial charge in [-0.1, -0.05) is 31.0 Å². The summed E-state index contributed by atoms with van der Waals surface area (Å²) in [5.74, 6) is 1.25. The van der Waals surface area contributed by atoms with Crippen molar-refractivity contribution < 1.29 is 4.79 Å². The van der Waals surface area contributed by atoms with Gasteiger partial charge in [0.05, 0.1) is 0 Å². The first-order valence-electron chi connectivity index (χ1n) is 7.29. The Hall–Kier alpha value is -1.00. The molecule has 0 atom stereocenters. The highest BCUT2D eigenvalue weighted by molar-refractivity contribution is 7.98. The summed E-state index contributed by atoms with van der Waals surface area (Å²) in [5.41, 5.74) is 2.05. The molecule has 0 aliphatic carbocycles. The fourth-order valence-corrected chi connectivity index (χ4v) is 2.55. The van der Waals surface area contributed by atoms with Crippen LogP contribution in [0.2, 0.25) is 0 Å². The van der Waals surface area contributed by atoms with E-state index >= 15 is 0 Å². The molecule has 4 heteroatoms. The number of rotatable bonds is 10. The molecule has 2 N–H and O–H groups in total. The lowest BCUT2D eigenvalue weighted by atomic mass is 10.1. The number of hydrogen-bond acceptors (Lipinski definition) is 3. The van der Waals surface area contributed by atoms with E-state index in [4.69, 9.17) is 0 Å². The standard InChI is InChI=1S/C16H26N2OS/c1-14(19)18-16-10-6-5-9-15(16)13-17-11-7-3-4-8-12-20-2/h5-6,9-10,17H,3-4,7-8,11-13H2,1-2H3,(H,18,19). The topological polar surface area (TPSA) is 41.1 Å². The number of thioether (sulfide) groups is 1. The van der Waals surface area contributed by atoms with Gasteiger partial charge in [-0.15, -0.1) is 0 Å². The molecular weight excluding hydrogens is 268 g/mol. The van der Waals surface area contributed by atoms with Crippen LogP contribution in [0.15, 0.2) is 24.3 Å². The molecule has 0 aliphatic rings. The van der Waals surface area contributed by atoms with Gasteiger partial charge in [-0.2, -0.15) is 11.8 Å². The first-order valence-corrected chi connectivity index (χ1v) is 8.68. The van der Waals surface area contributed by atoms with Crippen molar-refractivity contribution in [1.29, 1.82) is 0 Å². The zero-order chi connectivity index (χ0) is 14.6. The monoisotopic (exact) mass is 294 g/mol. The first-order chi connectivity index (χ1) is 9.74. The van der Waals surface area contributed by atoms with Crippen molar-refractivity contribution in [2.45, 2.75) is 39.2 Å². The smallest absolute Gasteiger partial charge is 0.221 e. The van der Waals surface area contributed by atoms with Crippen LogP contribution in [0.1, 0.15) is 38.2 Å². The normalized spacial score (nSPS) is 10.5. The molecule has 1 rings (SSSR count). The lowest BCUT2D eigenvalue weighted by Crippen LogP contribution is -2.17. The van der Waals surface area contributed by atoms with Gasteiger partial charge in [0.1, 0.15) is 0 Å². The maximum Gasteiger partial charge on any atom is 0.221 e. The van der Waals surface area contributed by atoms with Crippen molar-refractivity contribution in [2.75, 3.05) is 23.9 Å². The average molecular weight is 294 g/mol. The zero-order valence-electron chi connectivity index (χ0n) is 12.6. The Morgan fingerprint density at radius 3 is 2.65 bits per heavy atom. The van der Waals surface area contributed by atoms with Gasteiger partial charge >= 0.3 is 0 Å². The quantitative estimate of drug-likeness (QED) is 0.647.